The maximum Gasteiger partial charge on any atom is 0.297 e. The minimum absolute atomic E-state index is 0.0289. The number of rotatable bonds is 3. The van der Waals surface area contributed by atoms with Gasteiger partial charge in [0.05, 0.1) is 21.1 Å². The van der Waals surface area contributed by atoms with Gasteiger partial charge in [-0.3, -0.25) is 4.55 Å². The zero-order valence-corrected chi connectivity index (χ0v) is 7.67. The van der Waals surface area contributed by atoms with Gasteiger partial charge < -0.3 is 9.59 Å². The van der Waals surface area contributed by atoms with Gasteiger partial charge in [-0.1, -0.05) is 0 Å². The molecule has 11 heavy (non-hydrogen) atoms. The van der Waals surface area contributed by atoms with Gasteiger partial charge in [0, 0.05) is 0 Å². The first-order valence-electron chi connectivity index (χ1n) is 3.08. The molecule has 0 aliphatic heterocycles. The second-order valence-corrected chi connectivity index (χ2v) is 5.02. The molecular weight excluding hydrogens is 170 g/mol. The summed E-state index contributed by atoms with van der Waals surface area (Å²) >= 11 is 0. The third kappa shape index (κ3) is 5.14. The molecule has 1 atom stereocenters. The van der Waals surface area contributed by atoms with Gasteiger partial charge in [0.1, 0.15) is 6.54 Å². The molecule has 0 bridgehead atoms. The standard InChI is InChI=1S/C5H13NO4S/c1-6(2,3)4-5(7)11(8,9)10/h5,7H,4H2,1-3H3/p+1. The normalized spacial score (nSPS) is 16.5. The van der Waals surface area contributed by atoms with Gasteiger partial charge in [0.15, 0.2) is 0 Å². The summed E-state index contributed by atoms with van der Waals surface area (Å²) in [4.78, 5) is 0. The molecule has 0 amide bonds. The molecule has 0 spiro atoms. The van der Waals surface area contributed by atoms with E-state index in [2.05, 4.69) is 0 Å². The van der Waals surface area contributed by atoms with Crippen molar-refractivity contribution in [3.63, 3.8) is 0 Å². The maximum atomic E-state index is 10.3. The van der Waals surface area contributed by atoms with E-state index in [1.807, 2.05) is 0 Å². The Labute approximate surface area is 66.6 Å². The minimum atomic E-state index is -4.30. The number of hydrogen-bond acceptors (Lipinski definition) is 3. The molecule has 0 fully saturated rings. The molecule has 1 unspecified atom stereocenters. The molecule has 0 radical (unpaired) electrons. The quantitative estimate of drug-likeness (QED) is 0.431. The Morgan fingerprint density at radius 2 is 1.73 bits per heavy atom. The van der Waals surface area contributed by atoms with Crippen molar-refractivity contribution in [2.75, 3.05) is 27.7 Å². The summed E-state index contributed by atoms with van der Waals surface area (Å²) in [6, 6.07) is 0. The highest BCUT2D eigenvalue weighted by Crippen LogP contribution is 2.00. The zero-order valence-electron chi connectivity index (χ0n) is 6.85. The predicted molar refractivity (Wildman–Crippen MR) is 40.5 cm³/mol. The highest BCUT2D eigenvalue weighted by molar-refractivity contribution is 7.86. The van der Waals surface area contributed by atoms with Crippen LogP contribution >= 0.6 is 0 Å². The highest BCUT2D eigenvalue weighted by Gasteiger charge is 2.26. The predicted octanol–water partition coefficient (Wildman–Crippen LogP) is -1.10. The molecule has 0 aromatic carbocycles. The number of quaternary nitrogens is 1. The summed E-state index contributed by atoms with van der Waals surface area (Å²) in [6.07, 6.45) is 0. The molecule has 0 aliphatic rings. The Morgan fingerprint density at radius 1 is 1.36 bits per heavy atom. The zero-order chi connectivity index (χ0) is 9.28. The van der Waals surface area contributed by atoms with Gasteiger partial charge in [-0.25, -0.2) is 0 Å². The van der Waals surface area contributed by atoms with Gasteiger partial charge in [-0.2, -0.15) is 8.42 Å². The molecular formula is C5H14NO4S+. The first-order valence-corrected chi connectivity index (χ1v) is 4.58. The number of likely N-dealkylation sites (N-methyl/N-ethyl adjacent to an activating group) is 1. The van der Waals surface area contributed by atoms with E-state index in [1.165, 1.54) is 0 Å². The van der Waals surface area contributed by atoms with Crippen molar-refractivity contribution in [1.29, 1.82) is 0 Å². The SMILES string of the molecule is C[N+](C)(C)CC(O)S(=O)(=O)O. The van der Waals surface area contributed by atoms with Crippen LogP contribution in [0.2, 0.25) is 0 Å². The minimum Gasteiger partial charge on any atom is -0.371 e. The van der Waals surface area contributed by atoms with E-state index in [9.17, 15) is 8.42 Å². The first kappa shape index (κ1) is 10.8. The number of aliphatic hydroxyl groups excluding tert-OH is 1. The number of aliphatic hydroxyl groups is 1. The molecule has 5 nitrogen and oxygen atoms in total. The summed E-state index contributed by atoms with van der Waals surface area (Å²) in [5.41, 5.74) is -1.69. The van der Waals surface area contributed by atoms with E-state index in [4.69, 9.17) is 9.66 Å². The second kappa shape index (κ2) is 3.06. The largest absolute Gasteiger partial charge is 0.371 e. The van der Waals surface area contributed by atoms with E-state index in [0.29, 0.717) is 0 Å². The summed E-state index contributed by atoms with van der Waals surface area (Å²) in [6.45, 7) is -0.0289. The molecule has 0 saturated heterocycles. The van der Waals surface area contributed by atoms with Gasteiger partial charge >= 0.3 is 0 Å². The van der Waals surface area contributed by atoms with Crippen molar-refractivity contribution >= 4 is 10.1 Å². The molecule has 0 rings (SSSR count). The number of nitrogens with zero attached hydrogens (tertiary/aromatic N) is 1. The maximum absolute atomic E-state index is 10.3. The third-order valence-electron chi connectivity index (χ3n) is 1.05. The van der Waals surface area contributed by atoms with E-state index in [-0.39, 0.29) is 11.0 Å². The summed E-state index contributed by atoms with van der Waals surface area (Å²) in [5, 5.41) is 8.87. The Balaban J connectivity index is 4.22. The van der Waals surface area contributed by atoms with Crippen LogP contribution in [0, 0.1) is 0 Å². The Morgan fingerprint density at radius 3 is 1.82 bits per heavy atom. The lowest BCUT2D eigenvalue weighted by Gasteiger charge is -2.25. The fourth-order valence-electron chi connectivity index (χ4n) is 0.563. The summed E-state index contributed by atoms with van der Waals surface area (Å²) in [7, 11) is 0.854. The molecule has 0 heterocycles. The van der Waals surface area contributed by atoms with Crippen LogP contribution in [0.25, 0.3) is 0 Å². The Kier molecular flexibility index (Phi) is 3.01. The monoisotopic (exact) mass is 184 g/mol. The second-order valence-electron chi connectivity index (χ2n) is 3.44. The molecule has 0 aliphatic carbocycles. The van der Waals surface area contributed by atoms with Crippen molar-refractivity contribution in [1.82, 2.24) is 0 Å². The van der Waals surface area contributed by atoms with Crippen LogP contribution in [-0.2, 0) is 10.1 Å². The molecule has 68 valence electrons. The van der Waals surface area contributed by atoms with Gasteiger partial charge in [-0.05, 0) is 0 Å². The van der Waals surface area contributed by atoms with Gasteiger partial charge in [-0.15, -0.1) is 0 Å². The van der Waals surface area contributed by atoms with E-state index in [0.717, 1.165) is 0 Å². The van der Waals surface area contributed by atoms with Crippen LogP contribution in [0.1, 0.15) is 0 Å². The van der Waals surface area contributed by atoms with Crippen molar-refractivity contribution in [2.24, 2.45) is 0 Å². The Hall–Kier alpha value is -0.170. The molecule has 2 N–H and O–H groups in total. The highest BCUT2D eigenvalue weighted by atomic mass is 32.2. The van der Waals surface area contributed by atoms with Gasteiger partial charge in [0.2, 0.25) is 5.44 Å². The fraction of sp³-hybridized carbons (Fsp3) is 1.00. The average molecular weight is 184 g/mol. The molecule has 0 saturated carbocycles. The van der Waals surface area contributed by atoms with Crippen molar-refractivity contribution in [3.05, 3.63) is 0 Å². The van der Waals surface area contributed by atoms with Crippen LogP contribution in [0.15, 0.2) is 0 Å². The van der Waals surface area contributed by atoms with Crippen molar-refractivity contribution in [3.8, 4) is 0 Å². The molecule has 0 aromatic rings. The lowest BCUT2D eigenvalue weighted by molar-refractivity contribution is -0.872. The van der Waals surface area contributed by atoms with Gasteiger partial charge in [0.25, 0.3) is 10.1 Å². The van der Waals surface area contributed by atoms with Crippen LogP contribution < -0.4 is 0 Å². The topological polar surface area (TPSA) is 74.6 Å². The van der Waals surface area contributed by atoms with Crippen LogP contribution in [0.3, 0.4) is 0 Å². The summed E-state index contributed by atoms with van der Waals surface area (Å²) in [5.74, 6) is 0. The van der Waals surface area contributed by atoms with E-state index >= 15 is 0 Å². The summed E-state index contributed by atoms with van der Waals surface area (Å²) < 4.78 is 29.2. The van der Waals surface area contributed by atoms with E-state index < -0.39 is 15.6 Å². The fourth-order valence-corrected chi connectivity index (χ4v) is 1.20. The first-order chi connectivity index (χ1) is 4.63. The van der Waals surface area contributed by atoms with Crippen molar-refractivity contribution < 1.29 is 22.6 Å². The van der Waals surface area contributed by atoms with Crippen LogP contribution in [0.4, 0.5) is 0 Å². The molecule has 6 heteroatoms. The Bertz CT molecular complexity index is 215. The van der Waals surface area contributed by atoms with Crippen LogP contribution in [-0.4, -0.2) is 55.7 Å². The van der Waals surface area contributed by atoms with E-state index in [1.54, 1.807) is 21.1 Å². The van der Waals surface area contributed by atoms with Crippen LogP contribution in [0.5, 0.6) is 0 Å². The lowest BCUT2D eigenvalue weighted by atomic mass is 10.5. The lowest BCUT2D eigenvalue weighted by Crippen LogP contribution is -2.44. The molecule has 0 aromatic heterocycles. The number of hydrogen-bond donors (Lipinski definition) is 2. The smallest absolute Gasteiger partial charge is 0.297 e. The average Bonchev–Trinajstić information content (AvgIpc) is 1.56. The third-order valence-corrected chi connectivity index (χ3v) is 1.88. The van der Waals surface area contributed by atoms with Crippen molar-refractivity contribution in [2.45, 2.75) is 5.44 Å².